The van der Waals surface area contributed by atoms with Crippen molar-refractivity contribution in [2.75, 3.05) is 26.4 Å². The maximum atomic E-state index is 10.4. The molecule has 0 saturated carbocycles. The normalized spacial score (nSPS) is 6.27. The monoisotopic (exact) mass is 402 g/mol. The number of esters is 2. The van der Waals surface area contributed by atoms with Crippen molar-refractivity contribution in [3.63, 3.8) is 0 Å². The van der Waals surface area contributed by atoms with Gasteiger partial charge in [-0.3, -0.25) is 4.79 Å². The highest BCUT2D eigenvalue weighted by Gasteiger charge is 1.97. The maximum Gasteiger partial charge on any atom is 0.330 e. The van der Waals surface area contributed by atoms with Gasteiger partial charge in [-0.15, -0.1) is 0 Å². The van der Waals surface area contributed by atoms with Crippen molar-refractivity contribution in [1.29, 1.82) is 0 Å². The minimum absolute atomic E-state index is 0. The van der Waals surface area contributed by atoms with E-state index in [9.17, 15) is 14.4 Å². The summed E-state index contributed by atoms with van der Waals surface area (Å²) in [7, 11) is 0. The van der Waals surface area contributed by atoms with Gasteiger partial charge in [0.15, 0.2) is 0 Å². The van der Waals surface area contributed by atoms with Crippen molar-refractivity contribution < 1.29 is 34.1 Å². The largest absolute Gasteiger partial charge is 0.459 e. The number of rotatable bonds is 7. The van der Waals surface area contributed by atoms with Crippen LogP contribution >= 0.6 is 11.6 Å². The molecule has 0 aromatic heterocycles. The van der Waals surface area contributed by atoms with Gasteiger partial charge in [0.25, 0.3) is 0 Å². The summed E-state index contributed by atoms with van der Waals surface area (Å²) in [6.07, 6.45) is 3.12. The summed E-state index contributed by atoms with van der Waals surface area (Å²) >= 11 is 4.71. The van der Waals surface area contributed by atoms with E-state index in [2.05, 4.69) is 29.2 Å². The number of hydrogen-bond acceptors (Lipinski definition) is 7. The van der Waals surface area contributed by atoms with E-state index in [1.807, 2.05) is 0 Å². The van der Waals surface area contributed by atoms with Gasteiger partial charge < -0.3 is 19.7 Å². The van der Waals surface area contributed by atoms with Gasteiger partial charge in [-0.25, -0.2) is 9.59 Å². The zero-order valence-electron chi connectivity index (χ0n) is 11.5. The molecule has 2 N–H and O–H groups in total. The van der Waals surface area contributed by atoms with E-state index < -0.39 is 17.2 Å². The summed E-state index contributed by atoms with van der Waals surface area (Å²) in [6, 6.07) is 0. The number of aliphatic hydroxyl groups is 2. The molecule has 0 aliphatic rings. The summed E-state index contributed by atoms with van der Waals surface area (Å²) in [4.78, 5) is 30.3. The van der Waals surface area contributed by atoms with Crippen molar-refractivity contribution in [3.8, 4) is 0 Å². The Morgan fingerprint density at radius 2 is 0.962 bits per heavy atom. The molecule has 0 heterocycles. The molecular weight excluding hydrogens is 364 g/mol. The molecule has 0 aliphatic heterocycles. The number of halogens is 1. The molecule has 0 aromatic rings. The van der Waals surface area contributed by atoms with Crippen molar-refractivity contribution in [2.24, 2.45) is 0 Å². The van der Waals surface area contributed by atoms with Gasteiger partial charge >= 0.3 is 11.9 Å². The van der Waals surface area contributed by atoms with E-state index in [4.69, 9.17) is 21.8 Å². The van der Waals surface area contributed by atoms with Crippen LogP contribution in [0.15, 0.2) is 38.0 Å². The minimum Gasteiger partial charge on any atom is -0.459 e. The topological polar surface area (TPSA) is 110 Å². The summed E-state index contributed by atoms with van der Waals surface area (Å²) < 4.78 is 9.04. The van der Waals surface area contributed by atoms with Gasteiger partial charge in [-0.1, -0.05) is 56.9 Å². The average molecular weight is 403 g/mol. The molecule has 0 spiro atoms. The Bertz CT molecular complexity index is 318. The highest BCUT2D eigenvalue weighted by Crippen LogP contribution is 1.82. The summed E-state index contributed by atoms with van der Waals surface area (Å²) in [5, 5.41) is 14.7. The standard InChI is InChI=1S/C8H10O4.C3H3ClO.C2H6O2.5CH4/c1-3-7(9)11-5-6-12-8(10)4-2;1-2-3(4)5;3-1-2-4;;;;;/h3-4H,1-2,5-6H2;2H,1H2;3-4H,1-2H2;5*1H4. The first-order valence-electron chi connectivity index (χ1n) is 5.51. The van der Waals surface area contributed by atoms with E-state index in [1.165, 1.54) is 0 Å². The summed E-state index contributed by atoms with van der Waals surface area (Å²) in [6.45, 7) is 9.28. The second-order valence-electron chi connectivity index (χ2n) is 2.70. The van der Waals surface area contributed by atoms with E-state index in [1.54, 1.807) is 0 Å². The second kappa shape index (κ2) is 43.5. The Kier molecular flexibility index (Phi) is 83.0. The van der Waals surface area contributed by atoms with E-state index >= 15 is 0 Å². The lowest BCUT2D eigenvalue weighted by molar-refractivity contribution is -0.146. The first-order valence-corrected chi connectivity index (χ1v) is 5.89. The second-order valence-corrected chi connectivity index (χ2v) is 3.07. The smallest absolute Gasteiger partial charge is 0.330 e. The molecule has 0 fully saturated rings. The molecular formula is C18H39ClO7. The van der Waals surface area contributed by atoms with Crippen LogP contribution in [0, 0.1) is 0 Å². The van der Waals surface area contributed by atoms with Crippen molar-refractivity contribution in [3.05, 3.63) is 38.0 Å². The van der Waals surface area contributed by atoms with Crippen LogP contribution < -0.4 is 0 Å². The Morgan fingerprint density at radius 3 is 1.08 bits per heavy atom. The number of carbonyl (C=O) groups excluding carboxylic acids is 3. The predicted octanol–water partition coefficient (Wildman–Crippen LogP) is 3.53. The van der Waals surface area contributed by atoms with Crippen LogP contribution in [-0.2, 0) is 23.9 Å². The molecule has 0 saturated heterocycles. The van der Waals surface area contributed by atoms with Gasteiger partial charge in [0.2, 0.25) is 5.24 Å². The minimum atomic E-state index is -0.537. The average Bonchev–Trinajstić information content (AvgIpc) is 2.51. The van der Waals surface area contributed by atoms with Crippen LogP contribution in [0.25, 0.3) is 0 Å². The highest BCUT2D eigenvalue weighted by atomic mass is 35.5. The first kappa shape index (κ1) is 49.6. The fraction of sp³-hybridized carbons (Fsp3) is 0.500. The molecule has 160 valence electrons. The van der Waals surface area contributed by atoms with Crippen LogP contribution in [0.5, 0.6) is 0 Å². The highest BCUT2D eigenvalue weighted by molar-refractivity contribution is 6.66. The van der Waals surface area contributed by atoms with E-state index in [0.29, 0.717) is 0 Å². The lowest BCUT2D eigenvalue weighted by Crippen LogP contribution is -2.10. The zero-order chi connectivity index (χ0) is 17.1. The lowest BCUT2D eigenvalue weighted by Gasteiger charge is -2.01. The van der Waals surface area contributed by atoms with E-state index in [-0.39, 0.29) is 63.6 Å². The molecule has 0 radical (unpaired) electrons. The quantitative estimate of drug-likeness (QED) is 0.290. The van der Waals surface area contributed by atoms with Crippen LogP contribution in [0.3, 0.4) is 0 Å². The van der Waals surface area contributed by atoms with Gasteiger partial charge in [0.1, 0.15) is 13.2 Å². The molecule has 0 rings (SSSR count). The number of aliphatic hydroxyl groups excluding tert-OH is 2. The fourth-order valence-electron chi connectivity index (χ4n) is 0.402. The summed E-state index contributed by atoms with van der Waals surface area (Å²) in [5.41, 5.74) is 0. The number of ether oxygens (including phenoxy) is 2. The Labute approximate surface area is 165 Å². The molecule has 7 nitrogen and oxygen atoms in total. The fourth-order valence-corrected chi connectivity index (χ4v) is 0.402. The third-order valence-corrected chi connectivity index (χ3v) is 1.32. The van der Waals surface area contributed by atoms with Crippen LogP contribution in [-0.4, -0.2) is 53.8 Å². The molecule has 0 unspecified atom stereocenters. The Hall–Kier alpha value is -1.96. The third kappa shape index (κ3) is 67.3. The molecule has 0 atom stereocenters. The molecule has 8 heteroatoms. The molecule has 0 aliphatic carbocycles. The van der Waals surface area contributed by atoms with Gasteiger partial charge in [-0.05, 0) is 17.7 Å². The zero-order valence-corrected chi connectivity index (χ0v) is 12.3. The molecule has 0 amide bonds. The van der Waals surface area contributed by atoms with Crippen LogP contribution in [0.2, 0.25) is 0 Å². The lowest BCUT2D eigenvalue weighted by atomic mass is 10.6. The first-order chi connectivity index (χ1) is 9.89. The SMILES string of the molecule is C.C.C.C.C.C=CC(=O)Cl.C=CC(=O)OCCOC(=O)C=C.OCCO. The van der Waals surface area contributed by atoms with Crippen molar-refractivity contribution in [1.82, 2.24) is 0 Å². The van der Waals surface area contributed by atoms with Gasteiger partial charge in [-0.2, -0.15) is 0 Å². The number of allylic oxidation sites excluding steroid dienone is 1. The Morgan fingerprint density at radius 1 is 0.731 bits per heavy atom. The van der Waals surface area contributed by atoms with Crippen molar-refractivity contribution >= 4 is 28.8 Å². The Balaban J connectivity index is -0.0000000334. The van der Waals surface area contributed by atoms with Gasteiger partial charge in [0, 0.05) is 12.2 Å². The van der Waals surface area contributed by atoms with Crippen molar-refractivity contribution in [2.45, 2.75) is 37.1 Å². The van der Waals surface area contributed by atoms with Crippen LogP contribution in [0.4, 0.5) is 0 Å². The van der Waals surface area contributed by atoms with Crippen LogP contribution in [0.1, 0.15) is 37.1 Å². The molecule has 26 heavy (non-hydrogen) atoms. The molecule has 0 aromatic carbocycles. The predicted molar refractivity (Wildman–Crippen MR) is 111 cm³/mol. The van der Waals surface area contributed by atoms with E-state index in [0.717, 1.165) is 18.2 Å². The summed E-state index contributed by atoms with van der Waals surface area (Å²) in [5.74, 6) is -1.07. The number of hydrogen-bond donors (Lipinski definition) is 2. The van der Waals surface area contributed by atoms with Gasteiger partial charge in [0.05, 0.1) is 13.2 Å². The molecule has 0 bridgehead atoms. The number of carbonyl (C=O) groups is 3. The third-order valence-electron chi connectivity index (χ3n) is 1.17. The maximum absolute atomic E-state index is 10.4.